The van der Waals surface area contributed by atoms with Crippen LogP contribution in [-0.2, 0) is 11.3 Å². The molecule has 2 rings (SSSR count). The minimum atomic E-state index is -0.746. The van der Waals surface area contributed by atoms with Crippen LogP contribution in [0.1, 0.15) is 30.4 Å². The summed E-state index contributed by atoms with van der Waals surface area (Å²) < 4.78 is 0. The first-order valence-electron chi connectivity index (χ1n) is 5.91. The highest BCUT2D eigenvalue weighted by atomic mass is 16.2. The zero-order valence-electron chi connectivity index (χ0n) is 9.99. The van der Waals surface area contributed by atoms with E-state index in [0.29, 0.717) is 19.4 Å². The standard InChI is InChI=1S/C14H16N2O/c1-11-4-2-5-12(8-11)9-16-13(17)14(10-15)6-3-7-14/h2,4-5,8H,3,6-7,9H2,1H3,(H,16,17). The number of nitrogens with zero attached hydrogens (tertiary/aromatic N) is 1. The van der Waals surface area contributed by atoms with Gasteiger partial charge in [0.25, 0.3) is 0 Å². The Balaban J connectivity index is 1.95. The van der Waals surface area contributed by atoms with Gasteiger partial charge in [0.1, 0.15) is 5.41 Å². The zero-order valence-corrected chi connectivity index (χ0v) is 9.99. The molecule has 0 aromatic heterocycles. The maximum Gasteiger partial charge on any atom is 0.240 e. The fourth-order valence-electron chi connectivity index (χ4n) is 2.09. The van der Waals surface area contributed by atoms with Gasteiger partial charge in [-0.05, 0) is 31.7 Å². The van der Waals surface area contributed by atoms with Crippen LogP contribution in [0.15, 0.2) is 24.3 Å². The molecule has 0 unspecified atom stereocenters. The molecule has 1 aliphatic carbocycles. The Hall–Kier alpha value is -1.82. The zero-order chi connectivity index (χ0) is 12.3. The third kappa shape index (κ3) is 2.31. The van der Waals surface area contributed by atoms with Crippen LogP contribution in [0.3, 0.4) is 0 Å². The van der Waals surface area contributed by atoms with E-state index in [1.165, 1.54) is 5.56 Å². The summed E-state index contributed by atoms with van der Waals surface area (Å²) in [7, 11) is 0. The van der Waals surface area contributed by atoms with E-state index in [0.717, 1.165) is 12.0 Å². The second kappa shape index (κ2) is 4.58. The van der Waals surface area contributed by atoms with E-state index >= 15 is 0 Å². The van der Waals surface area contributed by atoms with Gasteiger partial charge in [-0.25, -0.2) is 0 Å². The minimum Gasteiger partial charge on any atom is -0.351 e. The topological polar surface area (TPSA) is 52.9 Å². The summed E-state index contributed by atoms with van der Waals surface area (Å²) in [6, 6.07) is 10.2. The van der Waals surface area contributed by atoms with Crippen molar-refractivity contribution in [3.05, 3.63) is 35.4 Å². The van der Waals surface area contributed by atoms with Gasteiger partial charge in [-0.3, -0.25) is 4.79 Å². The molecule has 0 heterocycles. The number of benzene rings is 1. The normalized spacial score (nSPS) is 16.7. The fourth-order valence-corrected chi connectivity index (χ4v) is 2.09. The van der Waals surface area contributed by atoms with E-state index in [1.807, 2.05) is 31.2 Å². The van der Waals surface area contributed by atoms with Gasteiger partial charge in [0.15, 0.2) is 0 Å². The molecule has 1 fully saturated rings. The van der Waals surface area contributed by atoms with Gasteiger partial charge in [0.05, 0.1) is 6.07 Å². The van der Waals surface area contributed by atoms with Gasteiger partial charge in [-0.2, -0.15) is 5.26 Å². The van der Waals surface area contributed by atoms with Crippen molar-refractivity contribution in [3.63, 3.8) is 0 Å². The lowest BCUT2D eigenvalue weighted by Crippen LogP contribution is -2.44. The molecule has 1 N–H and O–H groups in total. The molecular formula is C14H16N2O. The lowest BCUT2D eigenvalue weighted by atomic mass is 9.69. The second-order valence-electron chi connectivity index (χ2n) is 4.72. The summed E-state index contributed by atoms with van der Waals surface area (Å²) >= 11 is 0. The largest absolute Gasteiger partial charge is 0.351 e. The number of hydrogen-bond acceptors (Lipinski definition) is 2. The summed E-state index contributed by atoms with van der Waals surface area (Å²) in [4.78, 5) is 11.9. The van der Waals surface area contributed by atoms with Crippen molar-refractivity contribution >= 4 is 5.91 Å². The number of nitrogens with one attached hydrogen (secondary N) is 1. The van der Waals surface area contributed by atoms with Crippen LogP contribution >= 0.6 is 0 Å². The Morgan fingerprint density at radius 1 is 1.53 bits per heavy atom. The quantitative estimate of drug-likeness (QED) is 0.863. The van der Waals surface area contributed by atoms with Gasteiger partial charge in [0, 0.05) is 6.54 Å². The van der Waals surface area contributed by atoms with E-state index in [-0.39, 0.29) is 5.91 Å². The highest BCUT2D eigenvalue weighted by Gasteiger charge is 2.44. The summed E-state index contributed by atoms with van der Waals surface area (Å²) in [6.45, 7) is 2.53. The minimum absolute atomic E-state index is 0.118. The fraction of sp³-hybridized carbons (Fsp3) is 0.429. The van der Waals surface area contributed by atoms with Crippen LogP contribution in [0.4, 0.5) is 0 Å². The van der Waals surface area contributed by atoms with Gasteiger partial charge in [0.2, 0.25) is 5.91 Å². The van der Waals surface area contributed by atoms with Crippen LogP contribution in [0.25, 0.3) is 0 Å². The average molecular weight is 228 g/mol. The molecule has 0 bridgehead atoms. The van der Waals surface area contributed by atoms with Crippen LogP contribution in [0.5, 0.6) is 0 Å². The SMILES string of the molecule is Cc1cccc(CNC(=O)C2(C#N)CCC2)c1. The van der Waals surface area contributed by atoms with Gasteiger partial charge in [-0.1, -0.05) is 29.8 Å². The first-order valence-corrected chi connectivity index (χ1v) is 5.91. The molecule has 88 valence electrons. The highest BCUT2D eigenvalue weighted by molar-refractivity contribution is 5.86. The van der Waals surface area contributed by atoms with E-state index in [1.54, 1.807) is 0 Å². The predicted molar refractivity (Wildman–Crippen MR) is 64.9 cm³/mol. The molecule has 1 saturated carbocycles. The Bertz CT molecular complexity index is 469. The van der Waals surface area contributed by atoms with E-state index in [4.69, 9.17) is 5.26 Å². The Morgan fingerprint density at radius 2 is 2.29 bits per heavy atom. The molecule has 0 spiro atoms. The number of amides is 1. The molecule has 0 saturated heterocycles. The summed E-state index contributed by atoms with van der Waals surface area (Å²) in [6.07, 6.45) is 2.37. The van der Waals surface area contributed by atoms with E-state index < -0.39 is 5.41 Å². The Kier molecular flexibility index (Phi) is 3.14. The molecule has 3 nitrogen and oxygen atoms in total. The van der Waals surface area contributed by atoms with Gasteiger partial charge >= 0.3 is 0 Å². The molecule has 1 aromatic rings. The summed E-state index contributed by atoms with van der Waals surface area (Å²) in [5, 5.41) is 11.9. The lowest BCUT2D eigenvalue weighted by Gasteiger charge is -2.33. The molecule has 3 heteroatoms. The number of carbonyl (C=O) groups is 1. The smallest absolute Gasteiger partial charge is 0.240 e. The third-order valence-corrected chi connectivity index (χ3v) is 3.39. The second-order valence-corrected chi connectivity index (χ2v) is 4.72. The van der Waals surface area contributed by atoms with Crippen molar-refractivity contribution in [1.82, 2.24) is 5.32 Å². The number of nitriles is 1. The van der Waals surface area contributed by atoms with Crippen LogP contribution in [-0.4, -0.2) is 5.91 Å². The van der Waals surface area contributed by atoms with Crippen LogP contribution < -0.4 is 5.32 Å². The van der Waals surface area contributed by atoms with E-state index in [2.05, 4.69) is 11.4 Å². The molecule has 1 amide bonds. The Morgan fingerprint density at radius 3 is 2.82 bits per heavy atom. The molecule has 0 aliphatic heterocycles. The van der Waals surface area contributed by atoms with Crippen molar-refractivity contribution in [1.29, 1.82) is 5.26 Å². The summed E-state index contributed by atoms with van der Waals surface area (Å²) in [5.74, 6) is -0.118. The predicted octanol–water partition coefficient (Wildman–Crippen LogP) is 2.31. The first-order chi connectivity index (χ1) is 8.16. The van der Waals surface area contributed by atoms with Crippen LogP contribution in [0, 0.1) is 23.7 Å². The molecule has 17 heavy (non-hydrogen) atoms. The Labute approximate surface area is 101 Å². The molecular weight excluding hydrogens is 212 g/mol. The van der Waals surface area contributed by atoms with Gasteiger partial charge in [-0.15, -0.1) is 0 Å². The number of carbonyl (C=O) groups excluding carboxylic acids is 1. The van der Waals surface area contributed by atoms with E-state index in [9.17, 15) is 4.79 Å². The van der Waals surface area contributed by atoms with Gasteiger partial charge < -0.3 is 5.32 Å². The molecule has 0 atom stereocenters. The van der Waals surface area contributed by atoms with Crippen molar-refractivity contribution in [2.24, 2.45) is 5.41 Å². The van der Waals surface area contributed by atoms with Crippen molar-refractivity contribution in [2.75, 3.05) is 0 Å². The third-order valence-electron chi connectivity index (χ3n) is 3.39. The van der Waals surface area contributed by atoms with Crippen molar-refractivity contribution in [2.45, 2.75) is 32.7 Å². The number of rotatable bonds is 3. The lowest BCUT2D eigenvalue weighted by molar-refractivity contribution is -0.131. The molecule has 0 radical (unpaired) electrons. The van der Waals surface area contributed by atoms with Crippen molar-refractivity contribution in [3.8, 4) is 6.07 Å². The number of hydrogen-bond donors (Lipinski definition) is 1. The highest BCUT2D eigenvalue weighted by Crippen LogP contribution is 2.40. The molecule has 1 aromatic carbocycles. The maximum absolute atomic E-state index is 11.9. The first kappa shape index (κ1) is 11.7. The summed E-state index contributed by atoms with van der Waals surface area (Å²) in [5.41, 5.74) is 1.50. The maximum atomic E-state index is 11.9. The van der Waals surface area contributed by atoms with Crippen molar-refractivity contribution < 1.29 is 4.79 Å². The molecule has 1 aliphatic rings. The monoisotopic (exact) mass is 228 g/mol. The average Bonchev–Trinajstić information content (AvgIpc) is 2.26. The number of aryl methyl sites for hydroxylation is 1. The van der Waals surface area contributed by atoms with Crippen LogP contribution in [0.2, 0.25) is 0 Å².